The molecule has 0 spiro atoms. The van der Waals surface area contributed by atoms with Gasteiger partial charge in [0.2, 0.25) is 0 Å². The van der Waals surface area contributed by atoms with Crippen LogP contribution in [0.3, 0.4) is 0 Å². The highest BCUT2D eigenvalue weighted by Crippen LogP contribution is 2.40. The summed E-state index contributed by atoms with van der Waals surface area (Å²) < 4.78 is 15.0. The molecule has 3 unspecified atom stereocenters. The van der Waals surface area contributed by atoms with Gasteiger partial charge in [0.05, 0.1) is 11.1 Å². The van der Waals surface area contributed by atoms with Crippen LogP contribution in [0.2, 0.25) is 5.02 Å². The molecule has 1 fully saturated rings. The lowest BCUT2D eigenvalue weighted by Gasteiger charge is -2.34. The van der Waals surface area contributed by atoms with Gasteiger partial charge in [0.25, 0.3) is 0 Å². The fourth-order valence-electron chi connectivity index (χ4n) is 3.27. The molecule has 3 atom stereocenters. The van der Waals surface area contributed by atoms with E-state index in [1.165, 1.54) is 19.3 Å². The highest BCUT2D eigenvalue weighted by Gasteiger charge is 2.30. The van der Waals surface area contributed by atoms with Gasteiger partial charge >= 0.3 is 0 Å². The Labute approximate surface area is 133 Å². The zero-order valence-corrected chi connectivity index (χ0v) is 14.0. The summed E-state index contributed by atoms with van der Waals surface area (Å²) in [6, 6.07) is 3.38. The number of hydrogen-bond donors (Lipinski definition) is 2. The second-order valence-electron chi connectivity index (χ2n) is 5.61. The summed E-state index contributed by atoms with van der Waals surface area (Å²) in [5.41, 5.74) is 3.38. The molecule has 5 heteroatoms. The van der Waals surface area contributed by atoms with E-state index in [9.17, 15) is 4.39 Å². The van der Waals surface area contributed by atoms with Gasteiger partial charge < -0.3 is 0 Å². The third-order valence-corrected chi connectivity index (χ3v) is 5.71. The van der Waals surface area contributed by atoms with Crippen molar-refractivity contribution in [1.82, 2.24) is 5.43 Å². The first kappa shape index (κ1) is 16.2. The van der Waals surface area contributed by atoms with Crippen molar-refractivity contribution in [1.29, 1.82) is 0 Å². The van der Waals surface area contributed by atoms with Gasteiger partial charge in [-0.1, -0.05) is 43.9 Å². The molecule has 1 saturated carbocycles. The van der Waals surface area contributed by atoms with Crippen molar-refractivity contribution < 1.29 is 4.39 Å². The first-order valence-corrected chi connectivity index (χ1v) is 8.35. The molecule has 1 aliphatic rings. The second kappa shape index (κ2) is 7.21. The number of hydrogen-bond acceptors (Lipinski definition) is 2. The van der Waals surface area contributed by atoms with Gasteiger partial charge in [0, 0.05) is 10.0 Å². The van der Waals surface area contributed by atoms with Crippen molar-refractivity contribution in [2.45, 2.75) is 45.1 Å². The Kier molecular flexibility index (Phi) is 5.84. The Morgan fingerprint density at radius 2 is 2.25 bits per heavy atom. The topological polar surface area (TPSA) is 38.0 Å². The largest absolute Gasteiger partial charge is 0.271 e. The van der Waals surface area contributed by atoms with Gasteiger partial charge in [-0.05, 0) is 46.7 Å². The summed E-state index contributed by atoms with van der Waals surface area (Å²) in [6.45, 7) is 2.22. The van der Waals surface area contributed by atoms with Crippen LogP contribution in [0.15, 0.2) is 16.6 Å². The fourth-order valence-corrected chi connectivity index (χ4v) is 3.75. The van der Waals surface area contributed by atoms with Crippen molar-refractivity contribution in [3.05, 3.63) is 33.0 Å². The summed E-state index contributed by atoms with van der Waals surface area (Å²) >= 11 is 9.23. The first-order chi connectivity index (χ1) is 9.58. The Morgan fingerprint density at radius 3 is 2.90 bits per heavy atom. The Hall–Kier alpha value is -0.160. The van der Waals surface area contributed by atoms with Crippen LogP contribution in [0.1, 0.15) is 50.6 Å². The maximum Gasteiger partial charge on any atom is 0.147 e. The van der Waals surface area contributed by atoms with Crippen molar-refractivity contribution in [3.63, 3.8) is 0 Å². The third kappa shape index (κ3) is 3.35. The first-order valence-electron chi connectivity index (χ1n) is 7.18. The Morgan fingerprint density at radius 1 is 1.50 bits per heavy atom. The molecule has 1 aromatic rings. The molecular weight excluding hydrogens is 343 g/mol. The standard InChI is InChI=1S/C15H21BrClFN2/c1-2-9-4-3-5-10(8-9)15(20-19)11-6-7-12(16)13(17)14(11)18/h6-7,9-10,15,20H,2-5,8,19H2,1H3. The van der Waals surface area contributed by atoms with Gasteiger partial charge in [-0.15, -0.1) is 0 Å². The summed E-state index contributed by atoms with van der Waals surface area (Å²) in [5.74, 6) is 6.42. The van der Waals surface area contributed by atoms with Gasteiger partial charge in [-0.2, -0.15) is 0 Å². The van der Waals surface area contributed by atoms with Crippen molar-refractivity contribution in [2.75, 3.05) is 0 Å². The number of rotatable bonds is 4. The third-order valence-electron chi connectivity index (χ3n) is 4.45. The molecule has 20 heavy (non-hydrogen) atoms. The van der Waals surface area contributed by atoms with Crippen LogP contribution >= 0.6 is 27.5 Å². The van der Waals surface area contributed by atoms with Crippen LogP contribution in [0.25, 0.3) is 0 Å². The quantitative estimate of drug-likeness (QED) is 0.450. The molecule has 1 aromatic carbocycles. The Bertz CT molecular complexity index is 469. The predicted octanol–water partition coefficient (Wildman–Crippen LogP) is 4.96. The molecule has 0 aliphatic heterocycles. The lowest BCUT2D eigenvalue weighted by molar-refractivity contribution is 0.207. The predicted molar refractivity (Wildman–Crippen MR) is 84.9 cm³/mol. The van der Waals surface area contributed by atoms with E-state index in [2.05, 4.69) is 28.3 Å². The summed E-state index contributed by atoms with van der Waals surface area (Å²) in [6.07, 6.45) is 5.81. The molecule has 2 rings (SSSR count). The van der Waals surface area contributed by atoms with E-state index in [-0.39, 0.29) is 16.9 Å². The smallest absolute Gasteiger partial charge is 0.147 e. The molecule has 3 N–H and O–H groups in total. The molecule has 0 saturated heterocycles. The maximum atomic E-state index is 14.4. The van der Waals surface area contributed by atoms with Crippen molar-refractivity contribution in [2.24, 2.45) is 17.7 Å². The fraction of sp³-hybridized carbons (Fsp3) is 0.600. The van der Waals surface area contributed by atoms with Crippen LogP contribution in [-0.4, -0.2) is 0 Å². The van der Waals surface area contributed by atoms with Crippen LogP contribution in [0.4, 0.5) is 4.39 Å². The van der Waals surface area contributed by atoms with Gasteiger partial charge in [0.1, 0.15) is 5.82 Å². The minimum Gasteiger partial charge on any atom is -0.271 e. The normalized spacial score (nSPS) is 24.6. The van der Waals surface area contributed by atoms with E-state index in [4.69, 9.17) is 17.4 Å². The van der Waals surface area contributed by atoms with Crippen molar-refractivity contribution >= 4 is 27.5 Å². The zero-order valence-electron chi connectivity index (χ0n) is 11.6. The SMILES string of the molecule is CCC1CCCC(C(NN)c2ccc(Br)c(Cl)c2F)C1. The van der Waals surface area contributed by atoms with E-state index in [0.717, 1.165) is 18.8 Å². The van der Waals surface area contributed by atoms with Gasteiger partial charge in [0.15, 0.2) is 0 Å². The summed E-state index contributed by atoms with van der Waals surface area (Å²) in [5, 5.41) is 0.130. The minimum absolute atomic E-state index is 0.130. The Balaban J connectivity index is 2.26. The minimum atomic E-state index is -0.373. The van der Waals surface area contributed by atoms with Crippen LogP contribution < -0.4 is 11.3 Å². The number of nitrogens with one attached hydrogen (secondary N) is 1. The monoisotopic (exact) mass is 362 g/mol. The van der Waals surface area contributed by atoms with Gasteiger partial charge in [-0.25, -0.2) is 4.39 Å². The number of hydrazine groups is 1. The van der Waals surface area contributed by atoms with E-state index in [0.29, 0.717) is 16.0 Å². The van der Waals surface area contributed by atoms with E-state index in [1.807, 2.05) is 0 Å². The van der Waals surface area contributed by atoms with E-state index in [1.54, 1.807) is 12.1 Å². The molecular formula is C15H21BrClFN2. The highest BCUT2D eigenvalue weighted by atomic mass is 79.9. The molecule has 1 aliphatic carbocycles. The van der Waals surface area contributed by atoms with E-state index >= 15 is 0 Å². The van der Waals surface area contributed by atoms with Gasteiger partial charge in [-0.3, -0.25) is 11.3 Å². The van der Waals surface area contributed by atoms with Crippen LogP contribution in [0, 0.1) is 17.7 Å². The molecule has 0 bridgehead atoms. The average molecular weight is 364 g/mol. The molecule has 0 heterocycles. The second-order valence-corrected chi connectivity index (χ2v) is 6.84. The van der Waals surface area contributed by atoms with Crippen LogP contribution in [0.5, 0.6) is 0 Å². The molecule has 0 radical (unpaired) electrons. The van der Waals surface area contributed by atoms with Crippen LogP contribution in [-0.2, 0) is 0 Å². The summed E-state index contributed by atoms with van der Waals surface area (Å²) in [7, 11) is 0. The lowest BCUT2D eigenvalue weighted by Crippen LogP contribution is -2.36. The lowest BCUT2D eigenvalue weighted by atomic mass is 9.75. The average Bonchev–Trinajstić information content (AvgIpc) is 2.48. The highest BCUT2D eigenvalue weighted by molar-refractivity contribution is 9.10. The molecule has 112 valence electrons. The number of benzene rings is 1. The number of halogens is 3. The number of nitrogens with two attached hydrogens (primary N) is 1. The molecule has 0 amide bonds. The maximum absolute atomic E-state index is 14.4. The molecule has 0 aromatic heterocycles. The van der Waals surface area contributed by atoms with Crippen molar-refractivity contribution in [3.8, 4) is 0 Å². The zero-order chi connectivity index (χ0) is 14.7. The molecule has 2 nitrogen and oxygen atoms in total. The van der Waals surface area contributed by atoms with E-state index < -0.39 is 0 Å². The summed E-state index contributed by atoms with van der Waals surface area (Å²) in [4.78, 5) is 0.